The van der Waals surface area contributed by atoms with Gasteiger partial charge in [-0.1, -0.05) is 19.3 Å². The molecule has 2 N–H and O–H groups in total. The number of hydrogen-bond donors (Lipinski definition) is 2. The summed E-state index contributed by atoms with van der Waals surface area (Å²) in [6.07, 6.45) is 9.03. The van der Waals surface area contributed by atoms with Gasteiger partial charge in [0, 0.05) is 6.54 Å². The first-order valence-electron chi connectivity index (χ1n) is 6.30. The van der Waals surface area contributed by atoms with E-state index in [4.69, 9.17) is 11.5 Å². The molecule has 1 aliphatic carbocycles. The molecule has 0 aromatic rings. The van der Waals surface area contributed by atoms with Crippen LogP contribution >= 0.6 is 0 Å². The van der Waals surface area contributed by atoms with E-state index >= 15 is 0 Å². The fourth-order valence-electron chi connectivity index (χ4n) is 1.72. The first kappa shape index (κ1) is 14.4. The molecule has 5 nitrogen and oxygen atoms in total. The van der Waals surface area contributed by atoms with E-state index in [-0.39, 0.29) is 18.6 Å². The Hall–Kier alpha value is -1.70. The first-order valence-corrected chi connectivity index (χ1v) is 6.30. The van der Waals surface area contributed by atoms with Gasteiger partial charge in [-0.2, -0.15) is 0 Å². The summed E-state index contributed by atoms with van der Waals surface area (Å²) < 4.78 is 0. The molecule has 1 atom stereocenters. The van der Waals surface area contributed by atoms with Gasteiger partial charge in [0.25, 0.3) is 0 Å². The van der Waals surface area contributed by atoms with E-state index in [0.29, 0.717) is 18.9 Å². The number of carbonyl (C=O) groups is 2. The molecule has 1 aliphatic rings. The third-order valence-electron chi connectivity index (χ3n) is 2.87. The van der Waals surface area contributed by atoms with Gasteiger partial charge in [0.1, 0.15) is 6.54 Å². The maximum Gasteiger partial charge on any atom is 0.323 e. The highest BCUT2D eigenvalue weighted by Crippen LogP contribution is 2.29. The van der Waals surface area contributed by atoms with Crippen LogP contribution in [0.1, 0.15) is 32.6 Å². The molecule has 100 valence electrons. The van der Waals surface area contributed by atoms with Gasteiger partial charge in [-0.3, -0.25) is 4.79 Å². The fourth-order valence-corrected chi connectivity index (χ4v) is 1.72. The van der Waals surface area contributed by atoms with E-state index in [1.165, 1.54) is 4.90 Å². The second kappa shape index (κ2) is 6.90. The molecule has 0 saturated heterocycles. The van der Waals surface area contributed by atoms with Crippen LogP contribution in [0.5, 0.6) is 0 Å². The average Bonchev–Trinajstić information content (AvgIpc) is 3.10. The fraction of sp³-hybridized carbons (Fsp3) is 0.692. The molecule has 0 bridgehead atoms. The number of terminal acetylenes is 1. The molecule has 1 unspecified atom stereocenters. The lowest BCUT2D eigenvalue weighted by molar-refractivity contribution is -0.137. The van der Waals surface area contributed by atoms with Gasteiger partial charge in [-0.25, -0.2) is 4.79 Å². The van der Waals surface area contributed by atoms with Crippen molar-refractivity contribution in [2.45, 2.75) is 38.6 Å². The van der Waals surface area contributed by atoms with Crippen LogP contribution in [-0.4, -0.2) is 41.1 Å². The zero-order valence-corrected chi connectivity index (χ0v) is 10.7. The minimum Gasteiger partial charge on any atom is -0.480 e. The second-order valence-electron chi connectivity index (χ2n) is 4.68. The zero-order valence-electron chi connectivity index (χ0n) is 10.7. The van der Waals surface area contributed by atoms with E-state index in [1.807, 2.05) is 6.92 Å². The third-order valence-corrected chi connectivity index (χ3v) is 2.87. The number of rotatable bonds is 7. The monoisotopic (exact) mass is 252 g/mol. The summed E-state index contributed by atoms with van der Waals surface area (Å²) in [5, 5.41) is 11.5. The van der Waals surface area contributed by atoms with Gasteiger partial charge < -0.3 is 15.3 Å². The maximum absolute atomic E-state index is 11.9. The maximum atomic E-state index is 11.9. The van der Waals surface area contributed by atoms with Crippen molar-refractivity contribution in [2.24, 2.45) is 5.92 Å². The Balaban J connectivity index is 2.51. The number of amides is 2. The number of urea groups is 1. The molecule has 1 rings (SSSR count). The van der Waals surface area contributed by atoms with Crippen molar-refractivity contribution in [2.75, 3.05) is 13.1 Å². The third kappa shape index (κ3) is 5.09. The van der Waals surface area contributed by atoms with Gasteiger partial charge in [-0.05, 0) is 25.2 Å². The van der Waals surface area contributed by atoms with Gasteiger partial charge in [0.15, 0.2) is 0 Å². The van der Waals surface area contributed by atoms with E-state index in [9.17, 15) is 9.59 Å². The van der Waals surface area contributed by atoms with Gasteiger partial charge in [-0.15, -0.1) is 6.42 Å². The lowest BCUT2D eigenvalue weighted by Crippen LogP contribution is -2.47. The summed E-state index contributed by atoms with van der Waals surface area (Å²) in [6, 6.07) is -0.696. The Labute approximate surface area is 108 Å². The average molecular weight is 252 g/mol. The number of hydrogen-bond acceptors (Lipinski definition) is 2. The lowest BCUT2D eigenvalue weighted by Gasteiger charge is -2.23. The second-order valence-corrected chi connectivity index (χ2v) is 4.68. The molecular formula is C13H20N2O3. The summed E-state index contributed by atoms with van der Waals surface area (Å²) in [4.78, 5) is 24.0. The topological polar surface area (TPSA) is 69.6 Å². The highest BCUT2D eigenvalue weighted by Gasteiger charge is 2.28. The molecule has 0 aliphatic heterocycles. The molecule has 0 spiro atoms. The van der Waals surface area contributed by atoms with Crippen LogP contribution < -0.4 is 5.32 Å². The van der Waals surface area contributed by atoms with Crippen molar-refractivity contribution in [3.8, 4) is 12.3 Å². The molecule has 0 aromatic heterocycles. The molecule has 2 amide bonds. The number of carboxylic acids is 1. The quantitative estimate of drug-likeness (QED) is 0.671. The number of nitrogens with zero attached hydrogens (tertiary/aromatic N) is 1. The Morgan fingerprint density at radius 3 is 2.67 bits per heavy atom. The van der Waals surface area contributed by atoms with E-state index in [2.05, 4.69) is 11.2 Å². The van der Waals surface area contributed by atoms with Crippen LogP contribution in [0.25, 0.3) is 0 Å². The Morgan fingerprint density at radius 1 is 1.56 bits per heavy atom. The first-order chi connectivity index (χ1) is 8.56. The zero-order chi connectivity index (χ0) is 13.5. The SMILES string of the molecule is C#CC(CCC)NC(=O)N(CC(=O)O)CC1CC1. The Morgan fingerprint density at radius 2 is 2.22 bits per heavy atom. The highest BCUT2D eigenvalue weighted by atomic mass is 16.4. The van der Waals surface area contributed by atoms with Crippen molar-refractivity contribution in [3.05, 3.63) is 0 Å². The minimum absolute atomic E-state index is 0.272. The van der Waals surface area contributed by atoms with Crippen LogP contribution in [0.3, 0.4) is 0 Å². The highest BCUT2D eigenvalue weighted by molar-refractivity contribution is 5.80. The van der Waals surface area contributed by atoms with Gasteiger partial charge >= 0.3 is 12.0 Å². The van der Waals surface area contributed by atoms with Crippen LogP contribution in [0.15, 0.2) is 0 Å². The summed E-state index contributed by atoms with van der Waals surface area (Å²) in [6.45, 7) is 2.21. The van der Waals surface area contributed by atoms with Crippen molar-refractivity contribution in [3.63, 3.8) is 0 Å². The normalized spacial score (nSPS) is 15.6. The molecule has 0 aromatic carbocycles. The predicted octanol–water partition coefficient (Wildman–Crippen LogP) is 1.29. The van der Waals surface area contributed by atoms with E-state index in [1.54, 1.807) is 0 Å². The standard InChI is InChI=1S/C13H20N2O3/c1-3-5-11(4-2)14-13(18)15(9-12(16)17)8-10-6-7-10/h2,10-11H,3,5-9H2,1H3,(H,14,18)(H,16,17). The van der Waals surface area contributed by atoms with Gasteiger partial charge in [0.05, 0.1) is 6.04 Å². The summed E-state index contributed by atoms with van der Waals surface area (Å²) in [5.74, 6) is 1.95. The molecule has 1 saturated carbocycles. The molecule has 5 heteroatoms. The number of carbonyl (C=O) groups excluding carboxylic acids is 1. The molecule has 1 fully saturated rings. The number of nitrogens with one attached hydrogen (secondary N) is 1. The smallest absolute Gasteiger partial charge is 0.323 e. The van der Waals surface area contributed by atoms with Crippen molar-refractivity contribution in [1.82, 2.24) is 10.2 Å². The summed E-state index contributed by atoms with van der Waals surface area (Å²) in [5.41, 5.74) is 0. The van der Waals surface area contributed by atoms with Crippen LogP contribution in [-0.2, 0) is 4.79 Å². The van der Waals surface area contributed by atoms with Crippen LogP contribution in [0.4, 0.5) is 4.79 Å². The molecular weight excluding hydrogens is 232 g/mol. The lowest BCUT2D eigenvalue weighted by atomic mass is 10.2. The van der Waals surface area contributed by atoms with Gasteiger partial charge in [0.2, 0.25) is 0 Å². The summed E-state index contributed by atoms with van der Waals surface area (Å²) in [7, 11) is 0. The Bertz CT molecular complexity index is 345. The predicted molar refractivity (Wildman–Crippen MR) is 68.0 cm³/mol. The van der Waals surface area contributed by atoms with Crippen molar-refractivity contribution < 1.29 is 14.7 Å². The minimum atomic E-state index is -1.00. The molecule has 0 radical (unpaired) electrons. The number of aliphatic carboxylic acids is 1. The van der Waals surface area contributed by atoms with Crippen molar-refractivity contribution in [1.29, 1.82) is 0 Å². The molecule has 18 heavy (non-hydrogen) atoms. The van der Waals surface area contributed by atoms with Crippen LogP contribution in [0, 0.1) is 18.3 Å². The number of carboxylic acid groups (broad SMARTS) is 1. The van der Waals surface area contributed by atoms with Crippen LogP contribution in [0.2, 0.25) is 0 Å². The Kier molecular flexibility index (Phi) is 5.50. The largest absolute Gasteiger partial charge is 0.480 e. The van der Waals surface area contributed by atoms with E-state index in [0.717, 1.165) is 19.3 Å². The molecule has 0 heterocycles. The van der Waals surface area contributed by atoms with E-state index < -0.39 is 5.97 Å². The van der Waals surface area contributed by atoms with Crippen molar-refractivity contribution >= 4 is 12.0 Å². The summed E-state index contributed by atoms with van der Waals surface area (Å²) >= 11 is 0.